The van der Waals surface area contributed by atoms with Crippen LogP contribution in [-0.4, -0.2) is 4.92 Å². The van der Waals surface area contributed by atoms with E-state index in [9.17, 15) is 18.9 Å². The third kappa shape index (κ3) is 3.36. The summed E-state index contributed by atoms with van der Waals surface area (Å²) in [5.41, 5.74) is 0.678. The van der Waals surface area contributed by atoms with Gasteiger partial charge < -0.3 is 5.32 Å². The van der Waals surface area contributed by atoms with Crippen molar-refractivity contribution in [3.8, 4) is 0 Å². The SMILES string of the molecule is O=[N+]([O-])c1ccccc1CNCc1cc(F)ccc1F. The topological polar surface area (TPSA) is 55.2 Å². The van der Waals surface area contributed by atoms with Crippen molar-refractivity contribution in [1.29, 1.82) is 0 Å². The summed E-state index contributed by atoms with van der Waals surface area (Å²) in [6.45, 7) is 0.294. The molecule has 2 aromatic rings. The summed E-state index contributed by atoms with van der Waals surface area (Å²) in [5.74, 6) is -1.03. The minimum absolute atomic E-state index is 0.000265. The van der Waals surface area contributed by atoms with E-state index >= 15 is 0 Å². The maximum atomic E-state index is 13.4. The van der Waals surface area contributed by atoms with Gasteiger partial charge >= 0.3 is 0 Å². The number of benzene rings is 2. The number of halogens is 2. The Labute approximate surface area is 114 Å². The first kappa shape index (κ1) is 14.1. The van der Waals surface area contributed by atoms with E-state index in [1.54, 1.807) is 18.2 Å². The number of nitrogens with one attached hydrogen (secondary N) is 1. The number of rotatable bonds is 5. The van der Waals surface area contributed by atoms with Gasteiger partial charge in [0.2, 0.25) is 0 Å². The molecular weight excluding hydrogens is 266 g/mol. The van der Waals surface area contributed by atoms with Crippen molar-refractivity contribution >= 4 is 5.69 Å². The largest absolute Gasteiger partial charge is 0.308 e. The summed E-state index contributed by atoms with van der Waals surface area (Å²) in [5, 5.41) is 13.7. The van der Waals surface area contributed by atoms with Crippen LogP contribution in [0.15, 0.2) is 42.5 Å². The quantitative estimate of drug-likeness (QED) is 0.675. The van der Waals surface area contributed by atoms with Crippen LogP contribution in [0.3, 0.4) is 0 Å². The van der Waals surface area contributed by atoms with Gasteiger partial charge in [-0.15, -0.1) is 0 Å². The fourth-order valence-corrected chi connectivity index (χ4v) is 1.85. The van der Waals surface area contributed by atoms with E-state index < -0.39 is 16.6 Å². The molecule has 0 bridgehead atoms. The Hall–Kier alpha value is -2.34. The van der Waals surface area contributed by atoms with Crippen LogP contribution in [0.5, 0.6) is 0 Å². The van der Waals surface area contributed by atoms with E-state index in [2.05, 4.69) is 5.32 Å². The maximum Gasteiger partial charge on any atom is 0.273 e. The number of para-hydroxylation sites is 1. The summed E-state index contributed by atoms with van der Waals surface area (Å²) in [6.07, 6.45) is 0. The Morgan fingerprint density at radius 2 is 1.75 bits per heavy atom. The molecule has 0 aromatic heterocycles. The zero-order valence-electron chi connectivity index (χ0n) is 10.5. The number of nitro groups is 1. The second-order valence-corrected chi connectivity index (χ2v) is 4.23. The van der Waals surface area contributed by atoms with Gasteiger partial charge in [-0.2, -0.15) is 0 Å². The lowest BCUT2D eigenvalue weighted by Crippen LogP contribution is -2.15. The molecule has 0 atom stereocenters. The zero-order chi connectivity index (χ0) is 14.5. The molecule has 0 saturated heterocycles. The second-order valence-electron chi connectivity index (χ2n) is 4.23. The molecule has 0 unspecified atom stereocenters. The highest BCUT2D eigenvalue weighted by Gasteiger charge is 2.12. The van der Waals surface area contributed by atoms with Crippen LogP contribution < -0.4 is 5.32 Å². The number of hydrogen-bond acceptors (Lipinski definition) is 3. The smallest absolute Gasteiger partial charge is 0.273 e. The van der Waals surface area contributed by atoms with Crippen molar-refractivity contribution in [2.24, 2.45) is 0 Å². The van der Waals surface area contributed by atoms with Gasteiger partial charge in [0.25, 0.3) is 5.69 Å². The lowest BCUT2D eigenvalue weighted by Gasteiger charge is -2.07. The zero-order valence-corrected chi connectivity index (χ0v) is 10.5. The average molecular weight is 278 g/mol. The van der Waals surface area contributed by atoms with E-state index in [4.69, 9.17) is 0 Å². The molecule has 104 valence electrons. The van der Waals surface area contributed by atoms with Gasteiger partial charge in [-0.05, 0) is 18.2 Å². The first-order chi connectivity index (χ1) is 9.58. The molecule has 6 heteroatoms. The van der Waals surface area contributed by atoms with Crippen molar-refractivity contribution in [1.82, 2.24) is 5.32 Å². The minimum Gasteiger partial charge on any atom is -0.308 e. The van der Waals surface area contributed by atoms with E-state index in [1.165, 1.54) is 6.07 Å². The van der Waals surface area contributed by atoms with Crippen molar-refractivity contribution in [2.45, 2.75) is 13.1 Å². The molecule has 20 heavy (non-hydrogen) atoms. The molecule has 0 saturated carbocycles. The molecule has 2 aromatic carbocycles. The maximum absolute atomic E-state index is 13.4. The highest BCUT2D eigenvalue weighted by atomic mass is 19.1. The Bertz CT molecular complexity index is 632. The molecule has 0 aliphatic heterocycles. The molecule has 0 fully saturated rings. The van der Waals surface area contributed by atoms with Gasteiger partial charge in [-0.1, -0.05) is 18.2 Å². The Balaban J connectivity index is 2.03. The first-order valence-corrected chi connectivity index (χ1v) is 5.95. The standard InChI is InChI=1S/C14H12F2N2O2/c15-12-5-6-13(16)11(7-12)9-17-8-10-3-1-2-4-14(10)18(19)20/h1-7,17H,8-9H2. The third-order valence-corrected chi connectivity index (χ3v) is 2.83. The Kier molecular flexibility index (Phi) is 4.37. The summed E-state index contributed by atoms with van der Waals surface area (Å²) < 4.78 is 26.4. The Morgan fingerprint density at radius 1 is 1.05 bits per heavy atom. The Morgan fingerprint density at radius 3 is 2.50 bits per heavy atom. The second kappa shape index (κ2) is 6.21. The van der Waals surface area contributed by atoms with Crippen LogP contribution in [0.2, 0.25) is 0 Å². The minimum atomic E-state index is -0.520. The molecule has 0 aliphatic rings. The molecule has 0 radical (unpaired) electrons. The summed E-state index contributed by atoms with van der Waals surface area (Å²) in [6, 6.07) is 9.48. The highest BCUT2D eigenvalue weighted by molar-refractivity contribution is 5.39. The molecular formula is C14H12F2N2O2. The molecule has 1 N–H and O–H groups in total. The van der Waals surface area contributed by atoms with Crippen molar-refractivity contribution in [3.63, 3.8) is 0 Å². The van der Waals surface area contributed by atoms with E-state index in [1.807, 2.05) is 0 Å². The molecule has 0 amide bonds. The fourth-order valence-electron chi connectivity index (χ4n) is 1.85. The van der Waals surface area contributed by atoms with E-state index in [-0.39, 0.29) is 24.3 Å². The van der Waals surface area contributed by atoms with Crippen LogP contribution in [0, 0.1) is 21.7 Å². The molecule has 2 rings (SSSR count). The van der Waals surface area contributed by atoms with Crippen LogP contribution in [0.25, 0.3) is 0 Å². The van der Waals surface area contributed by atoms with Crippen LogP contribution in [0.4, 0.5) is 14.5 Å². The van der Waals surface area contributed by atoms with Gasteiger partial charge in [-0.25, -0.2) is 8.78 Å². The number of nitro benzene ring substituents is 1. The van der Waals surface area contributed by atoms with Crippen LogP contribution in [-0.2, 0) is 13.1 Å². The fraction of sp³-hybridized carbons (Fsp3) is 0.143. The lowest BCUT2D eigenvalue weighted by atomic mass is 10.1. The molecule has 0 spiro atoms. The van der Waals surface area contributed by atoms with Crippen molar-refractivity contribution in [3.05, 3.63) is 75.3 Å². The van der Waals surface area contributed by atoms with Gasteiger partial charge in [-0.3, -0.25) is 10.1 Å². The van der Waals surface area contributed by atoms with Gasteiger partial charge in [0.05, 0.1) is 4.92 Å². The lowest BCUT2D eigenvalue weighted by molar-refractivity contribution is -0.385. The third-order valence-electron chi connectivity index (χ3n) is 2.83. The number of nitrogens with zero attached hydrogens (tertiary/aromatic N) is 1. The predicted molar refractivity (Wildman–Crippen MR) is 70.0 cm³/mol. The predicted octanol–water partition coefficient (Wildman–Crippen LogP) is 3.16. The van der Waals surface area contributed by atoms with Gasteiger partial charge in [0.1, 0.15) is 11.6 Å². The summed E-state index contributed by atoms with van der Waals surface area (Å²) in [4.78, 5) is 10.3. The average Bonchev–Trinajstić information content (AvgIpc) is 2.43. The van der Waals surface area contributed by atoms with E-state index in [0.717, 1.165) is 18.2 Å². The summed E-state index contributed by atoms with van der Waals surface area (Å²) in [7, 11) is 0. The van der Waals surface area contributed by atoms with Gasteiger partial charge in [0.15, 0.2) is 0 Å². The molecule has 0 aliphatic carbocycles. The van der Waals surface area contributed by atoms with Crippen molar-refractivity contribution < 1.29 is 13.7 Å². The molecule has 0 heterocycles. The summed E-state index contributed by atoms with van der Waals surface area (Å²) >= 11 is 0. The number of hydrogen-bond donors (Lipinski definition) is 1. The molecule has 4 nitrogen and oxygen atoms in total. The van der Waals surface area contributed by atoms with Crippen LogP contribution in [0.1, 0.15) is 11.1 Å². The highest BCUT2D eigenvalue weighted by Crippen LogP contribution is 2.17. The van der Waals surface area contributed by atoms with Crippen molar-refractivity contribution in [2.75, 3.05) is 0 Å². The van der Waals surface area contributed by atoms with E-state index in [0.29, 0.717) is 5.56 Å². The van der Waals surface area contributed by atoms with Gasteiger partial charge in [0, 0.05) is 30.3 Å². The monoisotopic (exact) mass is 278 g/mol. The normalized spacial score (nSPS) is 10.5. The van der Waals surface area contributed by atoms with Crippen LogP contribution >= 0.6 is 0 Å². The first-order valence-electron chi connectivity index (χ1n) is 5.95.